The van der Waals surface area contributed by atoms with Crippen molar-refractivity contribution >= 4 is 33.2 Å². The average Bonchev–Trinajstić information content (AvgIpc) is 2.28. The summed E-state index contributed by atoms with van der Waals surface area (Å²) in [5.41, 5.74) is -0.0638. The summed E-state index contributed by atoms with van der Waals surface area (Å²) in [5, 5.41) is 8.62. The van der Waals surface area contributed by atoms with E-state index in [0.717, 1.165) is 0 Å². The summed E-state index contributed by atoms with van der Waals surface area (Å²) in [6, 6.07) is 3.80. The van der Waals surface area contributed by atoms with Crippen LogP contribution in [-0.4, -0.2) is 42.9 Å². The van der Waals surface area contributed by atoms with E-state index in [2.05, 4.69) is 0 Å². The van der Waals surface area contributed by atoms with E-state index in [4.69, 9.17) is 21.4 Å². The zero-order chi connectivity index (χ0) is 14.2. The van der Waals surface area contributed by atoms with Crippen molar-refractivity contribution in [3.63, 3.8) is 0 Å². The van der Waals surface area contributed by atoms with E-state index in [0.29, 0.717) is 0 Å². The lowest BCUT2D eigenvalue weighted by molar-refractivity contribution is -0.131. The standard InChI is InChI=1S/C11H9ClO6S/c12-8-3-6(10(13)11(14)15)1-2-9(8)18-7-4-19(16,17)5-7/h1-3,7H,4-5H2,(H,14,15). The van der Waals surface area contributed by atoms with Crippen LogP contribution in [0.1, 0.15) is 10.4 Å². The van der Waals surface area contributed by atoms with Crippen molar-refractivity contribution in [2.24, 2.45) is 0 Å². The van der Waals surface area contributed by atoms with E-state index in [1.165, 1.54) is 18.2 Å². The summed E-state index contributed by atoms with van der Waals surface area (Å²) in [4.78, 5) is 21.7. The van der Waals surface area contributed by atoms with Gasteiger partial charge in [-0.2, -0.15) is 0 Å². The number of halogens is 1. The minimum absolute atomic E-state index is 0.0638. The fourth-order valence-corrected chi connectivity index (χ4v) is 3.02. The van der Waals surface area contributed by atoms with Gasteiger partial charge < -0.3 is 9.84 Å². The first-order chi connectivity index (χ1) is 8.78. The maximum Gasteiger partial charge on any atom is 0.377 e. The van der Waals surface area contributed by atoms with Crippen LogP contribution in [0.15, 0.2) is 18.2 Å². The van der Waals surface area contributed by atoms with Gasteiger partial charge in [0, 0.05) is 5.56 Å². The smallest absolute Gasteiger partial charge is 0.377 e. The maximum absolute atomic E-state index is 11.2. The van der Waals surface area contributed by atoms with Crippen LogP contribution >= 0.6 is 11.6 Å². The average molecular weight is 305 g/mol. The molecule has 0 aliphatic carbocycles. The largest absolute Gasteiger partial charge is 0.487 e. The van der Waals surface area contributed by atoms with Gasteiger partial charge in [0.2, 0.25) is 0 Å². The predicted molar refractivity (Wildman–Crippen MR) is 66.5 cm³/mol. The molecule has 0 bridgehead atoms. The number of hydrogen-bond donors (Lipinski definition) is 1. The van der Waals surface area contributed by atoms with Crippen LogP contribution in [0.3, 0.4) is 0 Å². The summed E-state index contributed by atoms with van der Waals surface area (Å²) in [7, 11) is -3.00. The van der Waals surface area contributed by atoms with Crippen LogP contribution in [0.2, 0.25) is 5.02 Å². The number of Topliss-reactive ketones (excluding diaryl/α,β-unsaturated/α-hetero) is 1. The molecular weight excluding hydrogens is 296 g/mol. The lowest BCUT2D eigenvalue weighted by Crippen LogP contribution is -2.45. The second kappa shape index (κ2) is 4.82. The Morgan fingerprint density at radius 1 is 1.32 bits per heavy atom. The molecule has 0 saturated carbocycles. The second-order valence-corrected chi connectivity index (χ2v) is 6.66. The number of carboxylic acid groups (broad SMARTS) is 1. The molecule has 0 aromatic heterocycles. The molecule has 0 spiro atoms. The van der Waals surface area contributed by atoms with E-state index in [1.54, 1.807) is 0 Å². The molecule has 1 aliphatic heterocycles. The Morgan fingerprint density at radius 3 is 2.42 bits per heavy atom. The van der Waals surface area contributed by atoms with Crippen molar-refractivity contribution in [1.82, 2.24) is 0 Å². The molecule has 19 heavy (non-hydrogen) atoms. The van der Waals surface area contributed by atoms with Gasteiger partial charge in [-0.3, -0.25) is 4.79 Å². The molecule has 2 rings (SSSR count). The molecule has 1 heterocycles. The lowest BCUT2D eigenvalue weighted by atomic mass is 10.1. The van der Waals surface area contributed by atoms with Crippen LogP contribution in [0.5, 0.6) is 5.75 Å². The Bertz CT molecular complexity index is 639. The van der Waals surface area contributed by atoms with Crippen molar-refractivity contribution in [3.8, 4) is 5.75 Å². The Morgan fingerprint density at radius 2 is 1.95 bits per heavy atom. The molecule has 1 aromatic carbocycles. The zero-order valence-corrected chi connectivity index (χ0v) is 11.1. The molecule has 1 aliphatic rings. The van der Waals surface area contributed by atoms with Gasteiger partial charge in [0.15, 0.2) is 9.84 Å². The highest BCUT2D eigenvalue weighted by Gasteiger charge is 2.35. The number of ether oxygens (including phenoxy) is 1. The van der Waals surface area contributed by atoms with Gasteiger partial charge >= 0.3 is 5.97 Å². The van der Waals surface area contributed by atoms with E-state index in [-0.39, 0.29) is 27.8 Å². The van der Waals surface area contributed by atoms with Crippen molar-refractivity contribution in [2.75, 3.05) is 11.5 Å². The topological polar surface area (TPSA) is 97.7 Å². The molecule has 1 aromatic rings. The fourth-order valence-electron chi connectivity index (χ4n) is 1.63. The SMILES string of the molecule is O=C(O)C(=O)c1ccc(OC2CS(=O)(=O)C2)c(Cl)c1. The summed E-state index contributed by atoms with van der Waals surface area (Å²) < 4.78 is 27.3. The van der Waals surface area contributed by atoms with Gasteiger partial charge in [0.25, 0.3) is 5.78 Å². The van der Waals surface area contributed by atoms with E-state index in [1.807, 2.05) is 0 Å². The highest BCUT2D eigenvalue weighted by molar-refractivity contribution is 7.92. The predicted octanol–water partition coefficient (Wildman–Crippen LogP) is 0.783. The van der Waals surface area contributed by atoms with Gasteiger partial charge in [-0.15, -0.1) is 0 Å². The van der Waals surface area contributed by atoms with Crippen molar-refractivity contribution in [2.45, 2.75) is 6.10 Å². The Labute approximate surface area is 113 Å². The Kier molecular flexibility index (Phi) is 3.51. The summed E-state index contributed by atoms with van der Waals surface area (Å²) in [6.07, 6.45) is -0.455. The molecular formula is C11H9ClO6S. The lowest BCUT2D eigenvalue weighted by Gasteiger charge is -2.26. The number of hydrogen-bond acceptors (Lipinski definition) is 5. The van der Waals surface area contributed by atoms with Crippen molar-refractivity contribution < 1.29 is 27.9 Å². The Hall–Kier alpha value is -1.60. The number of sulfone groups is 1. The summed E-state index contributed by atoms with van der Waals surface area (Å²) in [6.45, 7) is 0. The molecule has 1 fully saturated rings. The van der Waals surface area contributed by atoms with Gasteiger partial charge in [-0.1, -0.05) is 11.6 Å². The number of carbonyl (C=O) groups is 2. The molecule has 0 radical (unpaired) electrons. The number of carbonyl (C=O) groups excluding carboxylic acids is 1. The first-order valence-electron chi connectivity index (χ1n) is 5.23. The van der Waals surface area contributed by atoms with Crippen molar-refractivity contribution in [1.29, 1.82) is 0 Å². The molecule has 0 unspecified atom stereocenters. The van der Waals surface area contributed by atoms with Crippen LogP contribution in [0.4, 0.5) is 0 Å². The van der Waals surface area contributed by atoms with Crippen LogP contribution in [0, 0.1) is 0 Å². The number of ketones is 1. The normalized spacial score (nSPS) is 17.5. The van der Waals surface area contributed by atoms with Gasteiger partial charge in [0.05, 0.1) is 16.5 Å². The van der Waals surface area contributed by atoms with E-state index in [9.17, 15) is 18.0 Å². The fraction of sp³-hybridized carbons (Fsp3) is 0.273. The molecule has 1 N–H and O–H groups in total. The third-order valence-electron chi connectivity index (χ3n) is 2.56. The number of carboxylic acids is 1. The monoisotopic (exact) mass is 304 g/mol. The van der Waals surface area contributed by atoms with E-state index < -0.39 is 27.7 Å². The number of benzene rings is 1. The quantitative estimate of drug-likeness (QED) is 0.652. The first kappa shape index (κ1) is 13.8. The molecule has 0 atom stereocenters. The third-order valence-corrected chi connectivity index (χ3v) is 4.62. The van der Waals surface area contributed by atoms with Gasteiger partial charge in [-0.25, -0.2) is 13.2 Å². The first-order valence-corrected chi connectivity index (χ1v) is 7.43. The molecule has 1 saturated heterocycles. The zero-order valence-electron chi connectivity index (χ0n) is 9.50. The molecule has 102 valence electrons. The minimum atomic E-state index is -3.00. The molecule has 0 amide bonds. The van der Waals surface area contributed by atoms with Crippen molar-refractivity contribution in [3.05, 3.63) is 28.8 Å². The summed E-state index contributed by atoms with van der Waals surface area (Å²) in [5.74, 6) is -2.56. The van der Waals surface area contributed by atoms with Crippen LogP contribution < -0.4 is 4.74 Å². The highest BCUT2D eigenvalue weighted by atomic mass is 35.5. The highest BCUT2D eigenvalue weighted by Crippen LogP contribution is 2.28. The van der Waals surface area contributed by atoms with E-state index >= 15 is 0 Å². The minimum Gasteiger partial charge on any atom is -0.487 e. The van der Waals surface area contributed by atoms with Gasteiger partial charge in [-0.05, 0) is 18.2 Å². The van der Waals surface area contributed by atoms with Gasteiger partial charge in [0.1, 0.15) is 11.9 Å². The van der Waals surface area contributed by atoms with Crippen LogP contribution in [-0.2, 0) is 14.6 Å². The number of rotatable bonds is 4. The molecule has 8 heteroatoms. The summed E-state index contributed by atoms with van der Waals surface area (Å²) >= 11 is 5.85. The second-order valence-electron chi connectivity index (χ2n) is 4.10. The maximum atomic E-state index is 11.2. The molecule has 6 nitrogen and oxygen atoms in total. The number of aliphatic carboxylic acids is 1. The van der Waals surface area contributed by atoms with Crippen LogP contribution in [0.25, 0.3) is 0 Å². The Balaban J connectivity index is 2.12. The third kappa shape index (κ3) is 3.05.